The van der Waals surface area contributed by atoms with Crippen LogP contribution in [-0.2, 0) is 7.05 Å². The number of hydrogen-bond donors (Lipinski definition) is 1. The molecule has 0 spiro atoms. The summed E-state index contributed by atoms with van der Waals surface area (Å²) in [5.41, 5.74) is 0. The van der Waals surface area contributed by atoms with Crippen LogP contribution >= 0.6 is 11.8 Å². The van der Waals surface area contributed by atoms with E-state index >= 15 is 0 Å². The van der Waals surface area contributed by atoms with Gasteiger partial charge in [-0.3, -0.25) is 0 Å². The minimum Gasteiger partial charge on any atom is -0.314 e. The largest absolute Gasteiger partial charge is 0.314 e. The molecule has 1 fully saturated rings. The minimum absolute atomic E-state index is 0.844. The van der Waals surface area contributed by atoms with E-state index in [0.717, 1.165) is 17.0 Å². The van der Waals surface area contributed by atoms with Gasteiger partial charge < -0.3 is 5.32 Å². The average Bonchev–Trinajstić information content (AvgIpc) is 2.96. The molecule has 1 N–H and O–H groups in total. The van der Waals surface area contributed by atoms with Crippen molar-refractivity contribution in [3.05, 3.63) is 6.33 Å². The fourth-order valence-corrected chi connectivity index (χ4v) is 2.29. The van der Waals surface area contributed by atoms with Gasteiger partial charge in [-0.2, -0.15) is 5.10 Å². The molecule has 0 unspecified atom stereocenters. The topological polar surface area (TPSA) is 42.7 Å². The highest BCUT2D eigenvalue weighted by Gasteiger charge is 2.19. The van der Waals surface area contributed by atoms with Gasteiger partial charge in [-0.05, 0) is 32.2 Å². The van der Waals surface area contributed by atoms with Crippen LogP contribution in [0.15, 0.2) is 11.5 Å². The summed E-state index contributed by atoms with van der Waals surface area (Å²) in [6.07, 6.45) is 6.89. The summed E-state index contributed by atoms with van der Waals surface area (Å²) in [6, 6.07) is 0.844. The second-order valence-corrected chi connectivity index (χ2v) is 5.01. The van der Waals surface area contributed by atoms with Gasteiger partial charge in [-0.25, -0.2) is 9.67 Å². The molecule has 1 aromatic rings. The van der Waals surface area contributed by atoms with E-state index in [-0.39, 0.29) is 0 Å². The first-order valence-electron chi connectivity index (χ1n) is 5.56. The number of thioether (sulfide) groups is 1. The van der Waals surface area contributed by atoms with Gasteiger partial charge in [0, 0.05) is 18.8 Å². The van der Waals surface area contributed by atoms with E-state index < -0.39 is 0 Å². The molecule has 1 saturated carbocycles. The Kier molecular flexibility index (Phi) is 4.02. The predicted molar refractivity (Wildman–Crippen MR) is 62.0 cm³/mol. The van der Waals surface area contributed by atoms with Crippen LogP contribution in [0.5, 0.6) is 0 Å². The van der Waals surface area contributed by atoms with E-state index in [2.05, 4.69) is 15.4 Å². The quantitative estimate of drug-likeness (QED) is 0.564. The molecule has 4 nitrogen and oxygen atoms in total. The maximum Gasteiger partial charge on any atom is 0.185 e. The Morgan fingerprint density at radius 2 is 2.40 bits per heavy atom. The lowest BCUT2D eigenvalue weighted by Crippen LogP contribution is -2.17. The first-order valence-corrected chi connectivity index (χ1v) is 6.55. The van der Waals surface area contributed by atoms with Crippen molar-refractivity contribution in [1.82, 2.24) is 20.1 Å². The lowest BCUT2D eigenvalue weighted by molar-refractivity contribution is 0.639. The first-order chi connectivity index (χ1) is 7.36. The molecule has 0 amide bonds. The fourth-order valence-electron chi connectivity index (χ4n) is 1.40. The molecule has 1 aromatic heterocycles. The van der Waals surface area contributed by atoms with E-state index in [1.807, 2.05) is 11.7 Å². The molecule has 0 bridgehead atoms. The highest BCUT2D eigenvalue weighted by Crippen LogP contribution is 2.19. The van der Waals surface area contributed by atoms with E-state index in [1.165, 1.54) is 32.2 Å². The lowest BCUT2D eigenvalue weighted by atomic mass is 10.3. The van der Waals surface area contributed by atoms with Crippen LogP contribution in [0.25, 0.3) is 0 Å². The third-order valence-corrected chi connectivity index (χ3v) is 3.60. The fraction of sp³-hybridized carbons (Fsp3) is 0.800. The molecule has 0 radical (unpaired) electrons. The predicted octanol–water partition coefficient (Wildman–Crippen LogP) is 1.44. The monoisotopic (exact) mass is 226 g/mol. The molecule has 0 aliphatic heterocycles. The smallest absolute Gasteiger partial charge is 0.185 e. The third kappa shape index (κ3) is 3.83. The van der Waals surface area contributed by atoms with Crippen molar-refractivity contribution in [3.8, 4) is 0 Å². The number of aromatic nitrogens is 3. The van der Waals surface area contributed by atoms with Crippen LogP contribution in [0.3, 0.4) is 0 Å². The Balaban J connectivity index is 1.49. The van der Waals surface area contributed by atoms with Gasteiger partial charge in [0.2, 0.25) is 0 Å². The highest BCUT2D eigenvalue weighted by molar-refractivity contribution is 7.99. The highest BCUT2D eigenvalue weighted by atomic mass is 32.2. The third-order valence-electron chi connectivity index (χ3n) is 2.48. The van der Waals surface area contributed by atoms with Crippen molar-refractivity contribution in [2.75, 3.05) is 12.3 Å². The zero-order valence-corrected chi connectivity index (χ0v) is 9.96. The summed E-state index contributed by atoms with van der Waals surface area (Å²) in [6.45, 7) is 1.17. The van der Waals surface area contributed by atoms with E-state index in [9.17, 15) is 0 Å². The summed E-state index contributed by atoms with van der Waals surface area (Å²) >= 11 is 1.79. The Hall–Kier alpha value is -0.550. The molecule has 5 heteroatoms. The van der Waals surface area contributed by atoms with Crippen molar-refractivity contribution in [2.24, 2.45) is 7.05 Å². The van der Waals surface area contributed by atoms with Crippen molar-refractivity contribution in [1.29, 1.82) is 0 Å². The van der Waals surface area contributed by atoms with Crippen LogP contribution in [0.2, 0.25) is 0 Å². The number of hydrogen-bond acceptors (Lipinski definition) is 4. The molecular weight excluding hydrogens is 208 g/mol. The number of unbranched alkanes of at least 4 members (excludes halogenated alkanes) is 1. The minimum atomic E-state index is 0.844. The summed E-state index contributed by atoms with van der Waals surface area (Å²) in [4.78, 5) is 4.17. The standard InChI is InChI=1S/C10H18N4S/c1-14-10(12-8-13-14)15-7-3-2-6-11-9-4-5-9/h8-9,11H,2-7H2,1H3. The molecule has 84 valence electrons. The van der Waals surface area contributed by atoms with Gasteiger partial charge in [0.15, 0.2) is 5.16 Å². The molecular formula is C10H18N4S. The Labute approximate surface area is 94.8 Å². The lowest BCUT2D eigenvalue weighted by Gasteiger charge is -2.02. The van der Waals surface area contributed by atoms with Crippen molar-refractivity contribution in [3.63, 3.8) is 0 Å². The van der Waals surface area contributed by atoms with Crippen LogP contribution in [-0.4, -0.2) is 33.1 Å². The van der Waals surface area contributed by atoms with E-state index in [4.69, 9.17) is 0 Å². The zero-order chi connectivity index (χ0) is 10.5. The van der Waals surface area contributed by atoms with Gasteiger partial charge in [-0.15, -0.1) is 0 Å². The van der Waals surface area contributed by atoms with Gasteiger partial charge in [0.25, 0.3) is 0 Å². The average molecular weight is 226 g/mol. The van der Waals surface area contributed by atoms with Crippen LogP contribution in [0, 0.1) is 0 Å². The molecule has 0 atom stereocenters. The molecule has 2 rings (SSSR count). The van der Waals surface area contributed by atoms with Gasteiger partial charge in [0.05, 0.1) is 0 Å². The molecule has 15 heavy (non-hydrogen) atoms. The van der Waals surface area contributed by atoms with Gasteiger partial charge in [-0.1, -0.05) is 11.8 Å². The Morgan fingerprint density at radius 3 is 3.07 bits per heavy atom. The SMILES string of the molecule is Cn1ncnc1SCCCCNC1CC1. The second kappa shape index (κ2) is 5.51. The van der Waals surface area contributed by atoms with Crippen molar-refractivity contribution in [2.45, 2.75) is 36.9 Å². The molecule has 0 aromatic carbocycles. The summed E-state index contributed by atoms with van der Waals surface area (Å²) in [5.74, 6) is 1.14. The van der Waals surface area contributed by atoms with E-state index in [0.29, 0.717) is 0 Å². The maximum atomic E-state index is 4.17. The summed E-state index contributed by atoms with van der Waals surface area (Å²) in [7, 11) is 1.93. The number of aryl methyl sites for hydroxylation is 1. The zero-order valence-electron chi connectivity index (χ0n) is 9.15. The number of nitrogens with one attached hydrogen (secondary N) is 1. The van der Waals surface area contributed by atoms with E-state index in [1.54, 1.807) is 18.1 Å². The van der Waals surface area contributed by atoms with Gasteiger partial charge in [0.1, 0.15) is 6.33 Å². The molecule has 0 saturated heterocycles. The van der Waals surface area contributed by atoms with Gasteiger partial charge >= 0.3 is 0 Å². The number of nitrogens with zero attached hydrogens (tertiary/aromatic N) is 3. The summed E-state index contributed by atoms with van der Waals surface area (Å²) < 4.78 is 1.83. The van der Waals surface area contributed by atoms with Crippen LogP contribution in [0.4, 0.5) is 0 Å². The first kappa shape index (κ1) is 11.0. The normalized spacial score (nSPS) is 15.8. The van der Waals surface area contributed by atoms with Crippen LogP contribution < -0.4 is 5.32 Å². The molecule has 1 aliphatic carbocycles. The second-order valence-electron chi connectivity index (χ2n) is 3.95. The van der Waals surface area contributed by atoms with Crippen LogP contribution in [0.1, 0.15) is 25.7 Å². The maximum absolute atomic E-state index is 4.17. The van der Waals surface area contributed by atoms with Crippen molar-refractivity contribution >= 4 is 11.8 Å². The Bertz CT molecular complexity index is 295. The summed E-state index contributed by atoms with van der Waals surface area (Å²) in [5, 5.41) is 8.57. The molecule has 1 aliphatic rings. The molecule has 1 heterocycles. The van der Waals surface area contributed by atoms with Crippen molar-refractivity contribution < 1.29 is 0 Å². The number of rotatable bonds is 7. The Morgan fingerprint density at radius 1 is 1.53 bits per heavy atom.